The molecule has 2 unspecified atom stereocenters. The van der Waals surface area contributed by atoms with Gasteiger partial charge in [0.1, 0.15) is 25.0 Å². The molecule has 2 atom stereocenters. The summed E-state index contributed by atoms with van der Waals surface area (Å²) in [5.41, 5.74) is 2.55. The average molecular weight is 567 g/mol. The van der Waals surface area contributed by atoms with E-state index in [0.717, 1.165) is 31.6 Å². The molecule has 2 aromatic rings. The molecule has 0 radical (unpaired) electrons. The van der Waals surface area contributed by atoms with E-state index in [0.29, 0.717) is 4.48 Å². The number of carbonyl (C=O) groups is 1. The van der Waals surface area contributed by atoms with Crippen molar-refractivity contribution in [2.75, 3.05) is 20.7 Å². The van der Waals surface area contributed by atoms with Gasteiger partial charge in [-0.15, -0.1) is 0 Å². The van der Waals surface area contributed by atoms with Crippen LogP contribution in [0.1, 0.15) is 122 Å². The number of likely N-dealkylation sites (N-methyl/N-ethyl adjacent to an activating group) is 1. The average Bonchev–Trinajstić information content (AvgIpc) is 2.96. The van der Waals surface area contributed by atoms with Gasteiger partial charge in [-0.3, -0.25) is 0 Å². The molecular weight excluding hydrogens is 506 g/mol. The summed E-state index contributed by atoms with van der Waals surface area (Å²) in [7, 11) is 4.22. The van der Waals surface area contributed by atoms with Crippen molar-refractivity contribution in [3.05, 3.63) is 65.7 Å². The normalized spacial score (nSPS) is 13.1. The van der Waals surface area contributed by atoms with E-state index in [4.69, 9.17) is 9.47 Å². The maximum absolute atomic E-state index is 13.1. The van der Waals surface area contributed by atoms with Crippen LogP contribution in [0.3, 0.4) is 0 Å². The summed E-state index contributed by atoms with van der Waals surface area (Å²) < 4.78 is 12.7. The summed E-state index contributed by atoms with van der Waals surface area (Å²) >= 11 is 0. The Balaban J connectivity index is 1.70. The molecule has 0 aliphatic carbocycles. The van der Waals surface area contributed by atoms with E-state index in [2.05, 4.69) is 65.2 Å². The molecule has 41 heavy (non-hydrogen) atoms. The van der Waals surface area contributed by atoms with Crippen molar-refractivity contribution < 1.29 is 18.8 Å². The maximum Gasteiger partial charge on any atom is 0.365 e. The highest BCUT2D eigenvalue weighted by Gasteiger charge is 2.35. The van der Waals surface area contributed by atoms with Crippen molar-refractivity contribution in [3.63, 3.8) is 0 Å². The molecule has 0 saturated carbocycles. The van der Waals surface area contributed by atoms with Crippen LogP contribution in [-0.4, -0.2) is 43.3 Å². The summed E-state index contributed by atoms with van der Waals surface area (Å²) in [5, 5.41) is 0. The van der Waals surface area contributed by atoms with E-state index in [9.17, 15) is 4.79 Å². The van der Waals surface area contributed by atoms with Crippen molar-refractivity contribution in [1.29, 1.82) is 0 Å². The van der Waals surface area contributed by atoms with Crippen LogP contribution in [-0.2, 0) is 22.5 Å². The van der Waals surface area contributed by atoms with Gasteiger partial charge in [-0.25, -0.2) is 4.79 Å². The molecule has 4 nitrogen and oxygen atoms in total. The number of unbranched alkanes of at least 4 members (excludes halogenated alkanes) is 11. The van der Waals surface area contributed by atoms with E-state index in [1.165, 1.54) is 88.2 Å². The Morgan fingerprint density at radius 2 is 1.29 bits per heavy atom. The van der Waals surface area contributed by atoms with Gasteiger partial charge >= 0.3 is 5.97 Å². The van der Waals surface area contributed by atoms with Gasteiger partial charge < -0.3 is 14.0 Å². The molecule has 2 rings (SSSR count). The molecule has 4 heteroatoms. The number of carbonyl (C=O) groups excluding carboxylic acids is 1. The number of quaternary nitrogens is 1. The topological polar surface area (TPSA) is 35.5 Å². The second-order valence-electron chi connectivity index (χ2n) is 12.4. The summed E-state index contributed by atoms with van der Waals surface area (Å²) in [6.07, 6.45) is 18.9. The van der Waals surface area contributed by atoms with E-state index >= 15 is 0 Å². The molecule has 2 aromatic carbocycles. The van der Waals surface area contributed by atoms with Crippen LogP contribution < -0.4 is 4.74 Å². The van der Waals surface area contributed by atoms with Crippen molar-refractivity contribution in [1.82, 2.24) is 0 Å². The first kappa shape index (κ1) is 34.9. The fourth-order valence-electron chi connectivity index (χ4n) is 5.75. The fraction of sp³-hybridized carbons (Fsp3) is 0.649. The minimum atomic E-state index is -0.216. The predicted molar refractivity (Wildman–Crippen MR) is 173 cm³/mol. The molecule has 0 fully saturated rings. The van der Waals surface area contributed by atoms with Gasteiger partial charge in [0.2, 0.25) is 0 Å². The number of rotatable bonds is 23. The van der Waals surface area contributed by atoms with Gasteiger partial charge in [-0.1, -0.05) is 134 Å². The summed E-state index contributed by atoms with van der Waals surface area (Å²) in [4.78, 5) is 13.1. The van der Waals surface area contributed by atoms with Crippen LogP contribution >= 0.6 is 0 Å². The largest absolute Gasteiger partial charge is 0.487 e. The Morgan fingerprint density at radius 1 is 0.707 bits per heavy atom. The lowest BCUT2D eigenvalue weighted by atomic mass is 10.0. The monoisotopic (exact) mass is 566 g/mol. The molecule has 0 aromatic heterocycles. The predicted octanol–water partition coefficient (Wildman–Crippen LogP) is 9.69. The molecule has 0 saturated heterocycles. The molecule has 230 valence electrons. The van der Waals surface area contributed by atoms with E-state index < -0.39 is 0 Å². The lowest BCUT2D eigenvalue weighted by molar-refractivity contribution is -0.919. The Morgan fingerprint density at radius 3 is 1.88 bits per heavy atom. The highest BCUT2D eigenvalue weighted by atomic mass is 16.6. The van der Waals surface area contributed by atoms with E-state index in [-0.39, 0.29) is 24.7 Å². The Kier molecular flexibility index (Phi) is 17.5. The third-order valence-corrected chi connectivity index (χ3v) is 8.32. The number of hydrogen-bond acceptors (Lipinski definition) is 3. The zero-order valence-corrected chi connectivity index (χ0v) is 27.0. The number of aryl methyl sites for hydroxylation is 1. The first-order valence-corrected chi connectivity index (χ1v) is 16.7. The van der Waals surface area contributed by atoms with Crippen molar-refractivity contribution >= 4 is 5.97 Å². The van der Waals surface area contributed by atoms with E-state index in [1.54, 1.807) is 0 Å². The summed E-state index contributed by atoms with van der Waals surface area (Å²) in [6, 6.07) is 18.6. The summed E-state index contributed by atoms with van der Waals surface area (Å²) in [6.45, 7) is 7.49. The molecule has 0 spiro atoms. The van der Waals surface area contributed by atoms with Crippen LogP contribution in [0, 0.1) is 0 Å². The lowest BCUT2D eigenvalue weighted by Crippen LogP contribution is -2.52. The van der Waals surface area contributed by atoms with Gasteiger partial charge in [-0.05, 0) is 37.0 Å². The molecule has 0 heterocycles. The van der Waals surface area contributed by atoms with Gasteiger partial charge in [0.25, 0.3) is 0 Å². The zero-order valence-electron chi connectivity index (χ0n) is 27.0. The minimum Gasteiger partial charge on any atom is -0.487 e. The maximum atomic E-state index is 13.1. The molecule has 0 aliphatic heterocycles. The van der Waals surface area contributed by atoms with Gasteiger partial charge in [-0.2, -0.15) is 0 Å². The van der Waals surface area contributed by atoms with Crippen LogP contribution in [0.5, 0.6) is 5.75 Å². The molecule has 0 bridgehead atoms. The zero-order chi connectivity index (χ0) is 29.8. The van der Waals surface area contributed by atoms with Crippen molar-refractivity contribution in [2.24, 2.45) is 0 Å². The molecule has 0 amide bonds. The fourth-order valence-corrected chi connectivity index (χ4v) is 5.75. The molecule has 0 aliphatic rings. The SMILES string of the molecule is CCCCCCCCCCCCCCc1cccc(OC(CC)COC(=O)C(CC)[N+](C)(C)Cc2ccccc2)c1. The van der Waals surface area contributed by atoms with Gasteiger partial charge in [0, 0.05) is 12.0 Å². The quantitative estimate of drug-likeness (QED) is 0.0763. The third-order valence-electron chi connectivity index (χ3n) is 8.32. The number of nitrogens with zero attached hydrogens (tertiary/aromatic N) is 1. The minimum absolute atomic E-state index is 0.142. The van der Waals surface area contributed by atoms with Crippen LogP contribution in [0.25, 0.3) is 0 Å². The lowest BCUT2D eigenvalue weighted by Gasteiger charge is -2.36. The second kappa shape index (κ2) is 20.5. The van der Waals surface area contributed by atoms with Crippen LogP contribution in [0.2, 0.25) is 0 Å². The first-order chi connectivity index (χ1) is 19.9. The van der Waals surface area contributed by atoms with Crippen LogP contribution in [0.15, 0.2) is 54.6 Å². The van der Waals surface area contributed by atoms with Crippen molar-refractivity contribution in [3.8, 4) is 5.75 Å². The second-order valence-corrected chi connectivity index (χ2v) is 12.4. The number of esters is 1. The van der Waals surface area contributed by atoms with E-state index in [1.807, 2.05) is 24.3 Å². The number of ether oxygens (including phenoxy) is 2. The highest BCUT2D eigenvalue weighted by Crippen LogP contribution is 2.21. The standard InChI is InChI=1S/C37H60NO3/c1-6-9-10-11-12-13-14-15-16-17-18-20-24-32-27-23-28-35(29-32)41-34(7-2)31-40-37(39)36(8-3)38(4,5)30-33-25-21-19-22-26-33/h19,21-23,25-29,34,36H,6-18,20,24,30-31H2,1-5H3/q+1. The molecule has 0 N–H and O–H groups in total. The smallest absolute Gasteiger partial charge is 0.365 e. The van der Waals surface area contributed by atoms with Gasteiger partial charge in [0.05, 0.1) is 14.1 Å². The van der Waals surface area contributed by atoms with Gasteiger partial charge in [0.15, 0.2) is 6.04 Å². The summed E-state index contributed by atoms with van der Waals surface area (Å²) in [5.74, 6) is 0.729. The van der Waals surface area contributed by atoms with Crippen LogP contribution in [0.4, 0.5) is 0 Å². The first-order valence-electron chi connectivity index (χ1n) is 16.7. The Labute approximate surface area is 252 Å². The number of hydrogen-bond donors (Lipinski definition) is 0. The Bertz CT molecular complexity index is 942. The highest BCUT2D eigenvalue weighted by molar-refractivity contribution is 5.74. The van der Waals surface area contributed by atoms with Crippen molar-refractivity contribution in [2.45, 2.75) is 136 Å². The Hall–Kier alpha value is -2.33. The number of benzene rings is 2. The third kappa shape index (κ3) is 14.4. The molecular formula is C37H60NO3+.